The number of piperazine rings is 1. The van der Waals surface area contributed by atoms with E-state index in [0.29, 0.717) is 51.7 Å². The molecule has 1 aromatic rings. The van der Waals surface area contributed by atoms with Crippen LogP contribution in [0.5, 0.6) is 5.75 Å². The van der Waals surface area contributed by atoms with Gasteiger partial charge in [0.15, 0.2) is 6.61 Å². The van der Waals surface area contributed by atoms with Gasteiger partial charge >= 0.3 is 0 Å². The number of hydrogen-bond acceptors (Lipinski definition) is 5. The number of amides is 2. The fraction of sp³-hybridized carbons (Fsp3) is 0.556. The van der Waals surface area contributed by atoms with E-state index in [0.717, 1.165) is 13.1 Å². The van der Waals surface area contributed by atoms with Crippen molar-refractivity contribution >= 4 is 11.8 Å². The van der Waals surface area contributed by atoms with Gasteiger partial charge in [-0.15, -0.1) is 0 Å². The second-order valence-corrected chi connectivity index (χ2v) is 6.25. The number of carbonyl (C=O) groups is 2. The molecule has 3 rings (SSSR count). The van der Waals surface area contributed by atoms with Crippen LogP contribution in [-0.2, 0) is 14.3 Å². The van der Waals surface area contributed by atoms with E-state index in [4.69, 9.17) is 9.47 Å². The smallest absolute Gasteiger partial charge is 0.260 e. The summed E-state index contributed by atoms with van der Waals surface area (Å²) in [5.41, 5.74) is 0. The molecule has 0 unspecified atom stereocenters. The quantitative estimate of drug-likeness (QED) is 0.754. The Kier molecular flexibility index (Phi) is 6.25. The largest absolute Gasteiger partial charge is 0.484 e. The molecule has 0 aliphatic carbocycles. The van der Waals surface area contributed by atoms with Gasteiger partial charge in [-0.2, -0.15) is 0 Å². The van der Waals surface area contributed by atoms with E-state index in [9.17, 15) is 9.59 Å². The highest BCUT2D eigenvalue weighted by Crippen LogP contribution is 2.09. The lowest BCUT2D eigenvalue weighted by atomic mass is 10.3. The van der Waals surface area contributed by atoms with Crippen LogP contribution in [0.1, 0.15) is 0 Å². The van der Waals surface area contributed by atoms with Gasteiger partial charge in [-0.1, -0.05) is 18.2 Å². The first-order chi connectivity index (χ1) is 12.2. The molecule has 2 saturated heterocycles. The molecule has 0 radical (unpaired) electrons. The lowest BCUT2D eigenvalue weighted by Gasteiger charge is -2.36. The van der Waals surface area contributed by atoms with E-state index < -0.39 is 0 Å². The van der Waals surface area contributed by atoms with Gasteiger partial charge in [0.1, 0.15) is 5.75 Å². The molecule has 7 nitrogen and oxygen atoms in total. The maximum atomic E-state index is 12.4. The molecule has 0 N–H and O–H groups in total. The Hall–Kier alpha value is -2.12. The Bertz CT molecular complexity index is 567. The third-order valence-electron chi connectivity index (χ3n) is 4.55. The van der Waals surface area contributed by atoms with E-state index in [2.05, 4.69) is 4.90 Å². The molecule has 25 heavy (non-hydrogen) atoms. The number of rotatable bonds is 5. The predicted octanol–water partition coefficient (Wildman–Crippen LogP) is 0.0684. The van der Waals surface area contributed by atoms with Gasteiger partial charge in [-0.3, -0.25) is 14.5 Å². The van der Waals surface area contributed by atoms with Crippen molar-refractivity contribution in [3.05, 3.63) is 30.3 Å². The summed E-state index contributed by atoms with van der Waals surface area (Å²) in [7, 11) is 0. The Morgan fingerprint density at radius 3 is 2.12 bits per heavy atom. The van der Waals surface area contributed by atoms with E-state index in [1.54, 1.807) is 4.90 Å². The summed E-state index contributed by atoms with van der Waals surface area (Å²) in [6, 6.07) is 9.31. The highest BCUT2D eigenvalue weighted by Gasteiger charge is 2.25. The Balaban J connectivity index is 1.38. The Labute approximate surface area is 148 Å². The van der Waals surface area contributed by atoms with Crippen molar-refractivity contribution < 1.29 is 19.1 Å². The zero-order valence-electron chi connectivity index (χ0n) is 14.4. The van der Waals surface area contributed by atoms with Crippen LogP contribution >= 0.6 is 0 Å². The summed E-state index contributed by atoms with van der Waals surface area (Å²) >= 11 is 0. The van der Waals surface area contributed by atoms with Gasteiger partial charge in [-0.25, -0.2) is 0 Å². The standard InChI is InChI=1S/C18H25N3O4/c22-17(14-19-10-12-24-13-11-19)20-6-8-21(9-7-20)18(23)15-25-16-4-2-1-3-5-16/h1-5H,6-15H2. The minimum atomic E-state index is -0.0378. The number of nitrogens with zero attached hydrogens (tertiary/aromatic N) is 3. The molecule has 2 aliphatic rings. The molecular formula is C18H25N3O4. The first-order valence-corrected chi connectivity index (χ1v) is 8.76. The average molecular weight is 347 g/mol. The van der Waals surface area contributed by atoms with Crippen molar-refractivity contribution in [2.75, 3.05) is 65.6 Å². The minimum absolute atomic E-state index is 0.0335. The zero-order valence-corrected chi connectivity index (χ0v) is 14.4. The summed E-state index contributed by atoms with van der Waals surface area (Å²) in [5.74, 6) is 0.786. The first-order valence-electron chi connectivity index (χ1n) is 8.76. The molecule has 136 valence electrons. The lowest BCUT2D eigenvalue weighted by molar-refractivity contribution is -0.141. The van der Waals surface area contributed by atoms with E-state index in [1.807, 2.05) is 35.2 Å². The summed E-state index contributed by atoms with van der Waals surface area (Å²) in [6.45, 7) is 5.76. The molecule has 1 aromatic carbocycles. The van der Waals surface area contributed by atoms with Crippen molar-refractivity contribution in [3.8, 4) is 5.75 Å². The van der Waals surface area contributed by atoms with E-state index in [-0.39, 0.29) is 18.4 Å². The molecule has 0 spiro atoms. The van der Waals surface area contributed by atoms with Gasteiger partial charge < -0.3 is 19.3 Å². The van der Waals surface area contributed by atoms with Crippen LogP contribution in [0.4, 0.5) is 0 Å². The number of morpholine rings is 1. The maximum Gasteiger partial charge on any atom is 0.260 e. The number of hydrogen-bond donors (Lipinski definition) is 0. The number of benzene rings is 1. The van der Waals surface area contributed by atoms with Crippen LogP contribution in [0.3, 0.4) is 0 Å². The van der Waals surface area contributed by atoms with E-state index >= 15 is 0 Å². The molecule has 2 heterocycles. The second kappa shape index (κ2) is 8.82. The molecule has 7 heteroatoms. The highest BCUT2D eigenvalue weighted by atomic mass is 16.5. The summed E-state index contributed by atoms with van der Waals surface area (Å²) in [4.78, 5) is 30.3. The highest BCUT2D eigenvalue weighted by molar-refractivity contribution is 5.80. The van der Waals surface area contributed by atoms with Gasteiger partial charge in [0.2, 0.25) is 5.91 Å². The molecular weight excluding hydrogens is 322 g/mol. The molecule has 0 aromatic heterocycles. The van der Waals surface area contributed by atoms with Crippen molar-refractivity contribution in [1.82, 2.24) is 14.7 Å². The minimum Gasteiger partial charge on any atom is -0.484 e. The maximum absolute atomic E-state index is 12.4. The van der Waals surface area contributed by atoms with Crippen molar-refractivity contribution in [2.45, 2.75) is 0 Å². The Morgan fingerprint density at radius 2 is 1.48 bits per heavy atom. The van der Waals surface area contributed by atoms with Gasteiger partial charge in [0, 0.05) is 39.3 Å². The second-order valence-electron chi connectivity index (χ2n) is 6.25. The van der Waals surface area contributed by atoms with Crippen LogP contribution < -0.4 is 4.74 Å². The van der Waals surface area contributed by atoms with Crippen LogP contribution in [0.2, 0.25) is 0 Å². The molecule has 2 fully saturated rings. The van der Waals surface area contributed by atoms with Crippen LogP contribution in [-0.4, -0.2) is 92.1 Å². The third-order valence-corrected chi connectivity index (χ3v) is 4.55. The lowest BCUT2D eigenvalue weighted by Crippen LogP contribution is -2.54. The summed E-state index contributed by atoms with van der Waals surface area (Å²) < 4.78 is 10.8. The zero-order chi connectivity index (χ0) is 17.5. The van der Waals surface area contributed by atoms with Crippen LogP contribution in [0.25, 0.3) is 0 Å². The normalized spacial score (nSPS) is 18.9. The number of ether oxygens (including phenoxy) is 2. The molecule has 0 bridgehead atoms. The fourth-order valence-corrected chi connectivity index (χ4v) is 3.01. The SMILES string of the molecule is O=C(COc1ccccc1)N1CCN(C(=O)CN2CCOCC2)CC1. The van der Waals surface area contributed by atoms with Crippen LogP contribution in [0, 0.1) is 0 Å². The van der Waals surface area contributed by atoms with Crippen LogP contribution in [0.15, 0.2) is 30.3 Å². The first kappa shape index (κ1) is 17.7. The monoisotopic (exact) mass is 347 g/mol. The average Bonchev–Trinajstić information content (AvgIpc) is 2.68. The van der Waals surface area contributed by atoms with Gasteiger partial charge in [-0.05, 0) is 12.1 Å². The Morgan fingerprint density at radius 1 is 0.880 bits per heavy atom. The molecule has 2 aliphatic heterocycles. The predicted molar refractivity (Wildman–Crippen MR) is 92.4 cm³/mol. The van der Waals surface area contributed by atoms with E-state index in [1.165, 1.54) is 0 Å². The molecule has 2 amide bonds. The van der Waals surface area contributed by atoms with Gasteiger partial charge in [0.25, 0.3) is 5.91 Å². The van der Waals surface area contributed by atoms with Crippen molar-refractivity contribution in [3.63, 3.8) is 0 Å². The van der Waals surface area contributed by atoms with Crippen molar-refractivity contribution in [1.29, 1.82) is 0 Å². The number of carbonyl (C=O) groups excluding carboxylic acids is 2. The van der Waals surface area contributed by atoms with Crippen molar-refractivity contribution in [2.24, 2.45) is 0 Å². The molecule has 0 saturated carbocycles. The van der Waals surface area contributed by atoms with Gasteiger partial charge in [0.05, 0.1) is 19.8 Å². The fourth-order valence-electron chi connectivity index (χ4n) is 3.01. The molecule has 0 atom stereocenters. The third kappa shape index (κ3) is 5.17. The topological polar surface area (TPSA) is 62.3 Å². The number of para-hydroxylation sites is 1. The summed E-state index contributed by atoms with van der Waals surface area (Å²) in [6.07, 6.45) is 0. The summed E-state index contributed by atoms with van der Waals surface area (Å²) in [5, 5.41) is 0.